The number of aliphatic carboxylic acids is 1. The third-order valence-electron chi connectivity index (χ3n) is 1.18. The van der Waals surface area contributed by atoms with Crippen molar-refractivity contribution in [2.24, 2.45) is 0 Å². The van der Waals surface area contributed by atoms with Crippen LogP contribution in [0.2, 0.25) is 0 Å². The summed E-state index contributed by atoms with van der Waals surface area (Å²) in [5.41, 5.74) is 0.299. The van der Waals surface area contributed by atoms with E-state index in [2.05, 4.69) is 6.58 Å². The summed E-state index contributed by atoms with van der Waals surface area (Å²) >= 11 is 0. The first-order valence-electron chi connectivity index (χ1n) is 4.75. The van der Waals surface area contributed by atoms with E-state index < -0.39 is 5.97 Å². The monoisotopic (exact) mass is 218 g/mol. The van der Waals surface area contributed by atoms with E-state index in [1.54, 1.807) is 10.1 Å². The van der Waals surface area contributed by atoms with Crippen molar-refractivity contribution in [2.45, 2.75) is 19.8 Å². The van der Waals surface area contributed by atoms with Crippen molar-refractivity contribution in [3.05, 3.63) is 12.2 Å². The molecule has 15 heavy (non-hydrogen) atoms. The molecule has 0 aliphatic rings. The van der Waals surface area contributed by atoms with E-state index in [0.717, 1.165) is 6.42 Å². The number of rotatable bonds is 5. The molecule has 0 aliphatic carbocycles. The average Bonchev–Trinajstić information content (AvgIpc) is 2.02. The van der Waals surface area contributed by atoms with Gasteiger partial charge in [0, 0.05) is 33.8 Å². The zero-order chi connectivity index (χ0) is 12.4. The highest BCUT2D eigenvalue weighted by atomic mass is 16.8. The van der Waals surface area contributed by atoms with E-state index in [4.69, 9.17) is 10.0 Å². The summed E-state index contributed by atoms with van der Waals surface area (Å²) < 4.78 is 0. The van der Waals surface area contributed by atoms with Gasteiger partial charge in [0.1, 0.15) is 0 Å². The summed E-state index contributed by atoms with van der Waals surface area (Å²) in [6, 6.07) is 0. The minimum Gasteiger partial charge on any atom is -0.478 e. The number of hydrogen-bond acceptors (Lipinski definition) is 4. The standard InChI is InChI=1S/C6H10O2.C4H12N2O/c1-3-4-5(2)6(7)8;1-5(2)7-6(3)4/h2-4H2,1H3,(H,7,8);1-4H3. The maximum Gasteiger partial charge on any atom is 0.330 e. The lowest BCUT2D eigenvalue weighted by atomic mass is 10.2. The average molecular weight is 218 g/mol. The molecule has 0 aliphatic heterocycles. The Morgan fingerprint density at radius 3 is 1.73 bits per heavy atom. The summed E-state index contributed by atoms with van der Waals surface area (Å²) in [6.45, 7) is 5.27. The fourth-order valence-electron chi connectivity index (χ4n) is 0.735. The van der Waals surface area contributed by atoms with Crippen LogP contribution in [0.1, 0.15) is 19.8 Å². The van der Waals surface area contributed by atoms with Gasteiger partial charge >= 0.3 is 5.97 Å². The Morgan fingerprint density at radius 1 is 1.27 bits per heavy atom. The molecule has 0 heterocycles. The smallest absolute Gasteiger partial charge is 0.330 e. The molecule has 0 saturated heterocycles. The molecule has 0 atom stereocenters. The summed E-state index contributed by atoms with van der Waals surface area (Å²) in [5, 5.41) is 11.5. The van der Waals surface area contributed by atoms with Gasteiger partial charge in [0.15, 0.2) is 0 Å². The van der Waals surface area contributed by atoms with E-state index in [1.165, 1.54) is 0 Å². The molecule has 0 spiro atoms. The molecular weight excluding hydrogens is 196 g/mol. The molecule has 1 N–H and O–H groups in total. The largest absolute Gasteiger partial charge is 0.478 e. The zero-order valence-corrected chi connectivity index (χ0v) is 10.3. The molecule has 0 fully saturated rings. The van der Waals surface area contributed by atoms with E-state index in [-0.39, 0.29) is 0 Å². The van der Waals surface area contributed by atoms with Crippen LogP contribution in [0.15, 0.2) is 12.2 Å². The Morgan fingerprint density at radius 2 is 1.67 bits per heavy atom. The molecule has 5 nitrogen and oxygen atoms in total. The molecule has 0 bridgehead atoms. The van der Waals surface area contributed by atoms with Crippen LogP contribution in [-0.2, 0) is 9.73 Å². The number of carbonyl (C=O) groups is 1. The third-order valence-corrected chi connectivity index (χ3v) is 1.18. The van der Waals surface area contributed by atoms with Gasteiger partial charge in [-0.25, -0.2) is 9.73 Å². The van der Waals surface area contributed by atoms with Gasteiger partial charge in [-0.2, -0.15) is 10.1 Å². The quantitative estimate of drug-likeness (QED) is 0.558. The second-order valence-electron chi connectivity index (χ2n) is 3.37. The number of hydroxylamine groups is 4. The first-order chi connectivity index (χ1) is 6.81. The number of carboxylic acids is 1. The molecular formula is C10H22N2O3. The van der Waals surface area contributed by atoms with Crippen molar-refractivity contribution in [3.8, 4) is 0 Å². The van der Waals surface area contributed by atoms with Crippen LogP contribution in [-0.4, -0.2) is 49.4 Å². The molecule has 0 saturated carbocycles. The van der Waals surface area contributed by atoms with Crippen LogP contribution in [0.4, 0.5) is 0 Å². The predicted molar refractivity (Wildman–Crippen MR) is 60.1 cm³/mol. The minimum atomic E-state index is -0.883. The highest BCUT2D eigenvalue weighted by Gasteiger charge is 1.99. The summed E-state index contributed by atoms with van der Waals surface area (Å²) in [6.07, 6.45) is 1.44. The fourth-order valence-corrected chi connectivity index (χ4v) is 0.735. The van der Waals surface area contributed by atoms with E-state index in [0.29, 0.717) is 12.0 Å². The highest BCUT2D eigenvalue weighted by molar-refractivity contribution is 5.85. The van der Waals surface area contributed by atoms with Crippen LogP contribution in [0.3, 0.4) is 0 Å². The molecule has 0 aromatic rings. The molecule has 0 amide bonds. The normalized spacial score (nSPS) is 9.80. The van der Waals surface area contributed by atoms with Crippen LogP contribution in [0, 0.1) is 0 Å². The van der Waals surface area contributed by atoms with E-state index in [9.17, 15) is 4.79 Å². The van der Waals surface area contributed by atoms with Crippen molar-refractivity contribution in [2.75, 3.05) is 28.2 Å². The van der Waals surface area contributed by atoms with Gasteiger partial charge in [-0.3, -0.25) is 0 Å². The van der Waals surface area contributed by atoms with Crippen LogP contribution >= 0.6 is 0 Å². The van der Waals surface area contributed by atoms with E-state index in [1.807, 2.05) is 35.1 Å². The molecule has 0 unspecified atom stereocenters. The second-order valence-corrected chi connectivity index (χ2v) is 3.37. The zero-order valence-electron chi connectivity index (χ0n) is 10.3. The van der Waals surface area contributed by atoms with Gasteiger partial charge in [0.2, 0.25) is 0 Å². The summed E-state index contributed by atoms with van der Waals surface area (Å²) in [7, 11) is 7.33. The Hall–Kier alpha value is -0.910. The molecule has 5 heteroatoms. The lowest BCUT2D eigenvalue weighted by molar-refractivity contribution is -0.281. The minimum absolute atomic E-state index is 0.299. The summed E-state index contributed by atoms with van der Waals surface area (Å²) in [4.78, 5) is 14.9. The molecule has 90 valence electrons. The first kappa shape index (κ1) is 16.5. The maximum absolute atomic E-state index is 9.99. The Balaban J connectivity index is 0. The molecule has 0 aromatic carbocycles. The number of carboxylic acid groups (broad SMARTS) is 1. The van der Waals surface area contributed by atoms with Gasteiger partial charge in [-0.15, -0.1) is 0 Å². The lowest BCUT2D eigenvalue weighted by Gasteiger charge is -2.14. The maximum atomic E-state index is 9.99. The Kier molecular flexibility index (Phi) is 10.6. The summed E-state index contributed by atoms with van der Waals surface area (Å²) in [5.74, 6) is -0.883. The Labute approximate surface area is 91.8 Å². The van der Waals surface area contributed by atoms with Crippen LogP contribution < -0.4 is 0 Å². The highest BCUT2D eigenvalue weighted by Crippen LogP contribution is 1.99. The SMILES string of the molecule is C=C(CCC)C(=O)O.CN(C)ON(C)C. The number of hydrogen-bond donors (Lipinski definition) is 1. The second kappa shape index (κ2) is 9.64. The van der Waals surface area contributed by atoms with Crippen molar-refractivity contribution in [3.63, 3.8) is 0 Å². The number of nitrogens with zero attached hydrogens (tertiary/aromatic N) is 2. The van der Waals surface area contributed by atoms with Gasteiger partial charge < -0.3 is 5.11 Å². The van der Waals surface area contributed by atoms with Gasteiger partial charge in [0.25, 0.3) is 0 Å². The lowest BCUT2D eigenvalue weighted by Crippen LogP contribution is -2.23. The van der Waals surface area contributed by atoms with Crippen LogP contribution in [0.25, 0.3) is 0 Å². The van der Waals surface area contributed by atoms with Crippen molar-refractivity contribution < 1.29 is 14.8 Å². The third kappa shape index (κ3) is 15.8. The van der Waals surface area contributed by atoms with Crippen molar-refractivity contribution in [1.29, 1.82) is 0 Å². The molecule has 0 rings (SSSR count). The Bertz CT molecular complexity index is 185. The van der Waals surface area contributed by atoms with Crippen molar-refractivity contribution in [1.82, 2.24) is 10.1 Å². The van der Waals surface area contributed by atoms with Crippen LogP contribution in [0.5, 0.6) is 0 Å². The topological polar surface area (TPSA) is 53.0 Å². The predicted octanol–water partition coefficient (Wildman–Crippen LogP) is 1.38. The van der Waals surface area contributed by atoms with Crippen molar-refractivity contribution >= 4 is 5.97 Å². The van der Waals surface area contributed by atoms with Gasteiger partial charge in [-0.05, 0) is 6.42 Å². The molecule has 0 aromatic heterocycles. The first-order valence-corrected chi connectivity index (χ1v) is 4.75. The molecule has 0 radical (unpaired) electrons. The fraction of sp³-hybridized carbons (Fsp3) is 0.700. The van der Waals surface area contributed by atoms with Gasteiger partial charge in [-0.1, -0.05) is 19.9 Å². The van der Waals surface area contributed by atoms with E-state index >= 15 is 0 Å². The van der Waals surface area contributed by atoms with Gasteiger partial charge in [0.05, 0.1) is 0 Å².